The van der Waals surface area contributed by atoms with Gasteiger partial charge >= 0.3 is 0 Å². The SMILES string of the molecule is CCCCCCC=C(CC)C(N)=O. The van der Waals surface area contributed by atoms with E-state index in [4.69, 9.17) is 5.73 Å². The highest BCUT2D eigenvalue weighted by Crippen LogP contribution is 2.07. The molecule has 0 aliphatic heterocycles. The number of hydrogen-bond acceptors (Lipinski definition) is 1. The van der Waals surface area contributed by atoms with Crippen LogP contribution in [0.5, 0.6) is 0 Å². The molecule has 0 aromatic heterocycles. The van der Waals surface area contributed by atoms with Gasteiger partial charge in [-0.15, -0.1) is 0 Å². The molecule has 0 aromatic rings. The van der Waals surface area contributed by atoms with Gasteiger partial charge in [0, 0.05) is 5.57 Å². The number of amides is 1. The summed E-state index contributed by atoms with van der Waals surface area (Å²) in [5, 5.41) is 0. The molecule has 0 spiro atoms. The summed E-state index contributed by atoms with van der Waals surface area (Å²) in [6, 6.07) is 0. The highest BCUT2D eigenvalue weighted by Gasteiger charge is 1.99. The van der Waals surface area contributed by atoms with Gasteiger partial charge in [-0.3, -0.25) is 4.79 Å². The summed E-state index contributed by atoms with van der Waals surface area (Å²) in [6.45, 7) is 4.15. The minimum absolute atomic E-state index is 0.266. The molecule has 0 atom stereocenters. The molecule has 0 aromatic carbocycles. The third kappa shape index (κ3) is 6.38. The summed E-state index contributed by atoms with van der Waals surface area (Å²) in [5.41, 5.74) is 5.96. The summed E-state index contributed by atoms with van der Waals surface area (Å²) in [5.74, 6) is -0.266. The van der Waals surface area contributed by atoms with Crippen LogP contribution < -0.4 is 5.73 Å². The van der Waals surface area contributed by atoms with E-state index in [1.54, 1.807) is 0 Å². The maximum atomic E-state index is 10.8. The molecule has 76 valence electrons. The van der Waals surface area contributed by atoms with E-state index >= 15 is 0 Å². The molecule has 0 radical (unpaired) electrons. The number of primary amides is 1. The lowest BCUT2D eigenvalue weighted by Gasteiger charge is -1.99. The zero-order chi connectivity index (χ0) is 10.1. The molecule has 0 bridgehead atoms. The van der Waals surface area contributed by atoms with Gasteiger partial charge in [0.1, 0.15) is 0 Å². The molecular formula is C11H21NO. The number of allylic oxidation sites excluding steroid dienone is 1. The molecule has 0 aliphatic rings. The first-order chi connectivity index (χ1) is 6.22. The van der Waals surface area contributed by atoms with Crippen molar-refractivity contribution in [3.63, 3.8) is 0 Å². The molecule has 0 heterocycles. The van der Waals surface area contributed by atoms with Crippen molar-refractivity contribution in [1.29, 1.82) is 0 Å². The number of nitrogens with two attached hydrogens (primary N) is 1. The number of carbonyl (C=O) groups excluding carboxylic acids is 1. The predicted octanol–water partition coefficient (Wildman–Crippen LogP) is 2.78. The minimum atomic E-state index is -0.266. The van der Waals surface area contributed by atoms with E-state index in [1.165, 1.54) is 25.7 Å². The van der Waals surface area contributed by atoms with Crippen LogP contribution in [0.15, 0.2) is 11.6 Å². The van der Waals surface area contributed by atoms with E-state index < -0.39 is 0 Å². The van der Waals surface area contributed by atoms with E-state index in [2.05, 4.69) is 6.92 Å². The van der Waals surface area contributed by atoms with Gasteiger partial charge in [-0.1, -0.05) is 39.2 Å². The molecular weight excluding hydrogens is 162 g/mol. The zero-order valence-electron chi connectivity index (χ0n) is 8.81. The van der Waals surface area contributed by atoms with Crippen LogP contribution in [0.1, 0.15) is 52.4 Å². The van der Waals surface area contributed by atoms with Crippen molar-refractivity contribution in [3.8, 4) is 0 Å². The monoisotopic (exact) mass is 183 g/mol. The molecule has 2 nitrogen and oxygen atoms in total. The molecule has 0 fully saturated rings. The molecule has 1 amide bonds. The van der Waals surface area contributed by atoms with Crippen LogP contribution in [0.3, 0.4) is 0 Å². The summed E-state index contributed by atoms with van der Waals surface area (Å²) in [6.07, 6.45) is 8.69. The lowest BCUT2D eigenvalue weighted by molar-refractivity contribution is -0.114. The third-order valence-electron chi connectivity index (χ3n) is 2.15. The quantitative estimate of drug-likeness (QED) is 0.478. The van der Waals surface area contributed by atoms with E-state index in [0.717, 1.165) is 18.4 Å². The van der Waals surface area contributed by atoms with Crippen LogP contribution in [0.4, 0.5) is 0 Å². The molecule has 0 saturated carbocycles. The van der Waals surface area contributed by atoms with Gasteiger partial charge < -0.3 is 5.73 Å². The van der Waals surface area contributed by atoms with Crippen molar-refractivity contribution < 1.29 is 4.79 Å². The van der Waals surface area contributed by atoms with Crippen molar-refractivity contribution in [2.45, 2.75) is 52.4 Å². The van der Waals surface area contributed by atoms with Crippen molar-refractivity contribution in [1.82, 2.24) is 0 Å². The molecule has 13 heavy (non-hydrogen) atoms. The minimum Gasteiger partial charge on any atom is -0.366 e. The van der Waals surface area contributed by atoms with E-state index in [0.29, 0.717) is 0 Å². The summed E-state index contributed by atoms with van der Waals surface area (Å²) < 4.78 is 0. The number of carbonyl (C=O) groups is 1. The van der Waals surface area contributed by atoms with Crippen LogP contribution in [0, 0.1) is 0 Å². The van der Waals surface area contributed by atoms with Crippen LogP contribution in [0.2, 0.25) is 0 Å². The second-order valence-electron chi connectivity index (χ2n) is 3.30. The topological polar surface area (TPSA) is 43.1 Å². The summed E-state index contributed by atoms with van der Waals surface area (Å²) in [7, 11) is 0. The summed E-state index contributed by atoms with van der Waals surface area (Å²) >= 11 is 0. The molecule has 0 unspecified atom stereocenters. The van der Waals surface area contributed by atoms with Crippen LogP contribution in [0.25, 0.3) is 0 Å². The van der Waals surface area contributed by atoms with Gasteiger partial charge in [-0.25, -0.2) is 0 Å². The van der Waals surface area contributed by atoms with Crippen LogP contribution in [-0.2, 0) is 4.79 Å². The number of rotatable bonds is 7. The number of hydrogen-bond donors (Lipinski definition) is 1. The second-order valence-corrected chi connectivity index (χ2v) is 3.30. The average molecular weight is 183 g/mol. The molecule has 2 N–H and O–H groups in total. The van der Waals surface area contributed by atoms with Crippen LogP contribution >= 0.6 is 0 Å². The van der Waals surface area contributed by atoms with Crippen LogP contribution in [-0.4, -0.2) is 5.91 Å². The molecule has 0 rings (SSSR count). The normalized spacial score (nSPS) is 11.7. The first-order valence-electron chi connectivity index (χ1n) is 5.21. The number of unbranched alkanes of at least 4 members (excludes halogenated alkanes) is 4. The van der Waals surface area contributed by atoms with Crippen molar-refractivity contribution in [3.05, 3.63) is 11.6 Å². The average Bonchev–Trinajstić information content (AvgIpc) is 2.10. The van der Waals surface area contributed by atoms with Gasteiger partial charge in [0.25, 0.3) is 0 Å². The van der Waals surface area contributed by atoms with Crippen molar-refractivity contribution in [2.75, 3.05) is 0 Å². The fraction of sp³-hybridized carbons (Fsp3) is 0.727. The first-order valence-corrected chi connectivity index (χ1v) is 5.21. The lowest BCUT2D eigenvalue weighted by Crippen LogP contribution is -2.13. The fourth-order valence-corrected chi connectivity index (χ4v) is 1.27. The van der Waals surface area contributed by atoms with Gasteiger partial charge in [-0.05, 0) is 19.3 Å². The van der Waals surface area contributed by atoms with Gasteiger partial charge in [0.05, 0.1) is 0 Å². The van der Waals surface area contributed by atoms with Crippen molar-refractivity contribution >= 4 is 5.91 Å². The van der Waals surface area contributed by atoms with Gasteiger partial charge in [0.15, 0.2) is 0 Å². The lowest BCUT2D eigenvalue weighted by atomic mass is 10.1. The second kappa shape index (κ2) is 7.84. The highest BCUT2D eigenvalue weighted by atomic mass is 16.1. The first kappa shape index (κ1) is 12.2. The maximum absolute atomic E-state index is 10.8. The smallest absolute Gasteiger partial charge is 0.244 e. The standard InChI is InChI=1S/C11H21NO/c1-3-5-6-7-8-9-10(4-2)11(12)13/h9H,3-8H2,1-2H3,(H2,12,13). The predicted molar refractivity (Wildman–Crippen MR) is 56.3 cm³/mol. The van der Waals surface area contributed by atoms with Gasteiger partial charge in [0.2, 0.25) is 5.91 Å². The molecule has 0 saturated heterocycles. The Morgan fingerprint density at radius 2 is 1.92 bits per heavy atom. The Bertz CT molecular complexity index is 173. The Morgan fingerprint density at radius 3 is 2.38 bits per heavy atom. The Hall–Kier alpha value is -0.790. The third-order valence-corrected chi connectivity index (χ3v) is 2.15. The Morgan fingerprint density at radius 1 is 1.23 bits per heavy atom. The highest BCUT2D eigenvalue weighted by molar-refractivity contribution is 5.91. The van der Waals surface area contributed by atoms with Crippen molar-refractivity contribution in [2.24, 2.45) is 5.73 Å². The Kier molecular flexibility index (Phi) is 7.36. The molecule has 2 heteroatoms. The summed E-state index contributed by atoms with van der Waals surface area (Å²) in [4.78, 5) is 10.8. The Labute approximate surface area is 81.2 Å². The fourth-order valence-electron chi connectivity index (χ4n) is 1.27. The van der Waals surface area contributed by atoms with Gasteiger partial charge in [-0.2, -0.15) is 0 Å². The maximum Gasteiger partial charge on any atom is 0.244 e. The Balaban J connectivity index is 3.61. The van der Waals surface area contributed by atoms with E-state index in [-0.39, 0.29) is 5.91 Å². The molecule has 0 aliphatic carbocycles. The van der Waals surface area contributed by atoms with E-state index in [1.807, 2.05) is 13.0 Å². The van der Waals surface area contributed by atoms with E-state index in [9.17, 15) is 4.79 Å². The largest absolute Gasteiger partial charge is 0.366 e. The zero-order valence-corrected chi connectivity index (χ0v) is 8.81.